The summed E-state index contributed by atoms with van der Waals surface area (Å²) in [4.78, 5) is 19.0. The third-order valence-corrected chi connectivity index (χ3v) is 2.55. The van der Waals surface area contributed by atoms with Gasteiger partial charge in [-0.25, -0.2) is 0 Å². The molecule has 2 heterocycles. The van der Waals surface area contributed by atoms with E-state index in [9.17, 15) is 4.79 Å². The van der Waals surface area contributed by atoms with Crippen molar-refractivity contribution < 1.29 is 9.48 Å². The summed E-state index contributed by atoms with van der Waals surface area (Å²) in [5, 5.41) is 4.13. The van der Waals surface area contributed by atoms with Crippen LogP contribution in [0.25, 0.3) is 11.3 Å². The van der Waals surface area contributed by atoms with Crippen molar-refractivity contribution in [3.8, 4) is 11.3 Å². The van der Waals surface area contributed by atoms with Crippen LogP contribution in [0.3, 0.4) is 0 Å². The Morgan fingerprint density at radius 2 is 2.24 bits per heavy atom. The molecule has 86 valence electrons. The fraction of sp³-hybridized carbons (Fsp3) is 0.182. The quantitative estimate of drug-likeness (QED) is 0.626. The van der Waals surface area contributed by atoms with Crippen molar-refractivity contribution in [1.82, 2.24) is 15.1 Å². The second kappa shape index (κ2) is 5.58. The molecule has 0 aliphatic rings. The molecule has 0 fully saturated rings. The molecule has 2 aromatic heterocycles. The first-order chi connectivity index (χ1) is 8.25. The van der Waals surface area contributed by atoms with Crippen LogP contribution < -0.4 is 4.68 Å². The van der Waals surface area contributed by atoms with Crippen LogP contribution in [0.5, 0.6) is 0 Å². The first kappa shape index (κ1) is 11.8. The SMILES string of the molecule is O=C(Br)CC[n+]1cc(-c2cnccn2)ccn1. The number of carbonyl (C=O) groups is 1. The Morgan fingerprint density at radius 3 is 2.94 bits per heavy atom. The Balaban J connectivity index is 2.20. The molecule has 0 saturated heterocycles. The van der Waals surface area contributed by atoms with Gasteiger partial charge in [0.05, 0.1) is 30.1 Å². The third kappa shape index (κ3) is 3.39. The summed E-state index contributed by atoms with van der Waals surface area (Å²) in [7, 11) is 0. The maximum Gasteiger partial charge on any atom is 0.205 e. The van der Waals surface area contributed by atoms with E-state index in [1.54, 1.807) is 29.5 Å². The Morgan fingerprint density at radius 1 is 1.35 bits per heavy atom. The average molecular weight is 294 g/mol. The molecule has 6 heteroatoms. The van der Waals surface area contributed by atoms with Crippen LogP contribution in [0, 0.1) is 0 Å². The van der Waals surface area contributed by atoms with Crippen molar-refractivity contribution in [1.29, 1.82) is 0 Å². The minimum atomic E-state index is -0.0308. The number of aryl methyl sites for hydroxylation is 1. The Kier molecular flexibility index (Phi) is 3.87. The van der Waals surface area contributed by atoms with Gasteiger partial charge in [0, 0.05) is 12.4 Å². The first-order valence-electron chi connectivity index (χ1n) is 5.06. The lowest BCUT2D eigenvalue weighted by Gasteiger charge is -1.97. The van der Waals surface area contributed by atoms with Crippen LogP contribution in [0.1, 0.15) is 6.42 Å². The maximum absolute atomic E-state index is 10.8. The molecular formula is C11H10BrN4O+. The number of rotatable bonds is 4. The van der Waals surface area contributed by atoms with Gasteiger partial charge in [-0.15, -0.1) is 0 Å². The predicted octanol–water partition coefficient (Wildman–Crippen LogP) is 1.14. The highest BCUT2D eigenvalue weighted by Gasteiger charge is 2.09. The Bertz CT molecular complexity index is 518. The van der Waals surface area contributed by atoms with Crippen molar-refractivity contribution >= 4 is 20.6 Å². The number of hydrogen-bond donors (Lipinski definition) is 0. The molecule has 5 nitrogen and oxygen atoms in total. The topological polar surface area (TPSA) is 59.6 Å². The molecule has 0 amide bonds. The van der Waals surface area contributed by atoms with E-state index in [1.165, 1.54) is 0 Å². The number of halogens is 1. The van der Waals surface area contributed by atoms with Crippen LogP contribution in [0.4, 0.5) is 0 Å². The van der Waals surface area contributed by atoms with Gasteiger partial charge in [-0.1, -0.05) is 4.68 Å². The molecule has 17 heavy (non-hydrogen) atoms. The molecule has 0 N–H and O–H groups in total. The van der Waals surface area contributed by atoms with Crippen molar-refractivity contribution in [3.05, 3.63) is 37.1 Å². The largest absolute Gasteiger partial charge is 0.286 e. The maximum atomic E-state index is 10.8. The van der Waals surface area contributed by atoms with E-state index in [-0.39, 0.29) is 4.69 Å². The molecule has 0 radical (unpaired) electrons. The highest BCUT2D eigenvalue weighted by atomic mass is 79.9. The van der Waals surface area contributed by atoms with Crippen LogP contribution in [-0.2, 0) is 11.3 Å². The number of nitrogens with zero attached hydrogens (tertiary/aromatic N) is 4. The van der Waals surface area contributed by atoms with E-state index in [0.29, 0.717) is 13.0 Å². The number of carbonyl (C=O) groups excluding carboxylic acids is 1. The highest BCUT2D eigenvalue weighted by molar-refractivity contribution is 9.18. The lowest BCUT2D eigenvalue weighted by molar-refractivity contribution is -0.752. The minimum absolute atomic E-state index is 0.0308. The molecule has 2 aromatic rings. The zero-order valence-corrected chi connectivity index (χ0v) is 10.5. The monoisotopic (exact) mass is 293 g/mol. The summed E-state index contributed by atoms with van der Waals surface area (Å²) in [6.07, 6.45) is 8.89. The van der Waals surface area contributed by atoms with Gasteiger partial charge in [-0.3, -0.25) is 14.8 Å². The summed E-state index contributed by atoms with van der Waals surface area (Å²) in [5.74, 6) is 0. The van der Waals surface area contributed by atoms with Gasteiger partial charge in [-0.2, -0.15) is 0 Å². The van der Waals surface area contributed by atoms with Gasteiger partial charge in [0.25, 0.3) is 0 Å². The van der Waals surface area contributed by atoms with E-state index >= 15 is 0 Å². The van der Waals surface area contributed by atoms with Crippen molar-refractivity contribution in [2.45, 2.75) is 13.0 Å². The van der Waals surface area contributed by atoms with Gasteiger partial charge in [0.1, 0.15) is 0 Å². The zero-order valence-electron chi connectivity index (χ0n) is 8.95. The summed E-state index contributed by atoms with van der Waals surface area (Å²) in [5.41, 5.74) is 1.71. The summed E-state index contributed by atoms with van der Waals surface area (Å²) in [6.45, 7) is 0.540. The fourth-order valence-corrected chi connectivity index (χ4v) is 1.54. The predicted molar refractivity (Wildman–Crippen MR) is 64.0 cm³/mol. The molecule has 0 aliphatic heterocycles. The molecule has 0 saturated carbocycles. The van der Waals surface area contributed by atoms with Crippen molar-refractivity contribution in [2.75, 3.05) is 0 Å². The van der Waals surface area contributed by atoms with E-state index in [0.717, 1.165) is 11.3 Å². The lowest BCUT2D eigenvalue weighted by Crippen LogP contribution is -2.38. The Labute approximate surface area is 107 Å². The van der Waals surface area contributed by atoms with Crippen LogP contribution >= 0.6 is 15.9 Å². The molecule has 0 atom stereocenters. The fourth-order valence-electron chi connectivity index (χ4n) is 1.36. The van der Waals surface area contributed by atoms with E-state index in [2.05, 4.69) is 31.0 Å². The second-order valence-corrected chi connectivity index (χ2v) is 4.26. The standard InChI is InChI=1S/C11H10BrN4O/c12-11(17)2-6-16-8-9(1-3-15-16)10-7-13-4-5-14-10/h1,3-5,7-8H,2,6H2/q+1. The molecule has 0 bridgehead atoms. The van der Waals surface area contributed by atoms with Crippen molar-refractivity contribution in [2.24, 2.45) is 0 Å². The van der Waals surface area contributed by atoms with E-state index < -0.39 is 0 Å². The number of hydrogen-bond acceptors (Lipinski definition) is 4. The number of aromatic nitrogens is 4. The van der Waals surface area contributed by atoms with Crippen LogP contribution in [0.2, 0.25) is 0 Å². The smallest absolute Gasteiger partial charge is 0.205 e. The summed E-state index contributed by atoms with van der Waals surface area (Å²) >= 11 is 2.89. The molecule has 2 rings (SSSR count). The first-order valence-corrected chi connectivity index (χ1v) is 5.85. The second-order valence-electron chi connectivity index (χ2n) is 3.37. The normalized spacial score (nSPS) is 10.2. The molecule has 0 unspecified atom stereocenters. The molecule has 0 aliphatic carbocycles. The average Bonchev–Trinajstić information content (AvgIpc) is 2.38. The molecule has 0 spiro atoms. The third-order valence-electron chi connectivity index (χ3n) is 2.15. The minimum Gasteiger partial charge on any atom is -0.286 e. The highest BCUT2D eigenvalue weighted by Crippen LogP contribution is 2.11. The summed E-state index contributed by atoms with van der Waals surface area (Å²) < 4.78 is 1.68. The zero-order chi connectivity index (χ0) is 12.1. The van der Waals surface area contributed by atoms with Crippen LogP contribution in [-0.4, -0.2) is 19.8 Å². The van der Waals surface area contributed by atoms with Gasteiger partial charge < -0.3 is 0 Å². The van der Waals surface area contributed by atoms with Gasteiger partial charge in [0.2, 0.25) is 10.9 Å². The molecule has 0 aromatic carbocycles. The lowest BCUT2D eigenvalue weighted by atomic mass is 10.2. The van der Waals surface area contributed by atoms with Crippen LogP contribution in [0.15, 0.2) is 37.1 Å². The van der Waals surface area contributed by atoms with Gasteiger partial charge in [0.15, 0.2) is 6.54 Å². The van der Waals surface area contributed by atoms with Gasteiger partial charge in [-0.05, 0) is 27.1 Å². The Hall–Kier alpha value is -1.69. The summed E-state index contributed by atoms with van der Waals surface area (Å²) in [6, 6.07) is 1.86. The molecular weight excluding hydrogens is 284 g/mol. The van der Waals surface area contributed by atoms with E-state index in [1.807, 2.05) is 12.3 Å². The van der Waals surface area contributed by atoms with Gasteiger partial charge >= 0.3 is 0 Å². The van der Waals surface area contributed by atoms with Crippen molar-refractivity contribution in [3.63, 3.8) is 0 Å². The van der Waals surface area contributed by atoms with E-state index in [4.69, 9.17) is 0 Å².